The SMILES string of the molecule is C[C@H](NC(=O)c1cc(C#N)cnc1NCc1ccc(-c2cnc3c(c2)CCC3)cc1)c1ccc(F)cc1. The van der Waals surface area contributed by atoms with Crippen molar-refractivity contribution < 1.29 is 9.18 Å². The summed E-state index contributed by atoms with van der Waals surface area (Å²) >= 11 is 0. The van der Waals surface area contributed by atoms with Crippen molar-refractivity contribution in [2.75, 3.05) is 5.32 Å². The molecule has 0 bridgehead atoms. The molecule has 7 heteroatoms. The lowest BCUT2D eigenvalue weighted by Crippen LogP contribution is -2.28. The fourth-order valence-corrected chi connectivity index (χ4v) is 4.53. The minimum Gasteiger partial charge on any atom is -0.365 e. The van der Waals surface area contributed by atoms with Crippen molar-refractivity contribution in [1.82, 2.24) is 15.3 Å². The number of nitrogens with one attached hydrogen (secondary N) is 2. The highest BCUT2D eigenvalue weighted by Crippen LogP contribution is 2.26. The zero-order valence-electron chi connectivity index (χ0n) is 20.5. The molecule has 1 amide bonds. The Morgan fingerprint density at radius 2 is 1.81 bits per heavy atom. The summed E-state index contributed by atoms with van der Waals surface area (Å²) in [5.74, 6) is -0.324. The first-order valence-corrected chi connectivity index (χ1v) is 12.3. The second-order valence-electron chi connectivity index (χ2n) is 9.21. The van der Waals surface area contributed by atoms with Crippen molar-refractivity contribution in [3.8, 4) is 17.2 Å². The summed E-state index contributed by atoms with van der Waals surface area (Å²) < 4.78 is 13.3. The topological polar surface area (TPSA) is 90.7 Å². The molecule has 6 nitrogen and oxygen atoms in total. The van der Waals surface area contributed by atoms with Crippen molar-refractivity contribution in [3.05, 3.63) is 112 Å². The summed E-state index contributed by atoms with van der Waals surface area (Å²) in [6.45, 7) is 2.27. The molecule has 0 radical (unpaired) electrons. The van der Waals surface area contributed by atoms with E-state index in [1.807, 2.05) is 31.3 Å². The van der Waals surface area contributed by atoms with E-state index in [-0.39, 0.29) is 28.9 Å². The number of hydrogen-bond donors (Lipinski definition) is 2. The number of amides is 1. The number of anilines is 1. The summed E-state index contributed by atoms with van der Waals surface area (Å²) in [4.78, 5) is 22.0. The van der Waals surface area contributed by atoms with Crippen molar-refractivity contribution >= 4 is 11.7 Å². The minimum absolute atomic E-state index is 0.272. The van der Waals surface area contributed by atoms with Crippen LogP contribution in [0.2, 0.25) is 0 Å². The fraction of sp³-hybridized carbons (Fsp3) is 0.200. The van der Waals surface area contributed by atoms with Crippen LogP contribution in [0.15, 0.2) is 73.1 Å². The largest absolute Gasteiger partial charge is 0.365 e. The summed E-state index contributed by atoms with van der Waals surface area (Å²) in [6.07, 6.45) is 6.70. The van der Waals surface area contributed by atoms with E-state index in [1.54, 1.807) is 12.1 Å². The van der Waals surface area contributed by atoms with E-state index in [9.17, 15) is 14.4 Å². The summed E-state index contributed by atoms with van der Waals surface area (Å²) in [5, 5.41) is 15.5. The average Bonchev–Trinajstić information content (AvgIpc) is 3.40. The monoisotopic (exact) mass is 491 g/mol. The Hall–Kier alpha value is -4.57. The first kappa shape index (κ1) is 24.1. The highest BCUT2D eigenvalue weighted by atomic mass is 19.1. The Labute approximate surface area is 215 Å². The van der Waals surface area contributed by atoms with Crippen molar-refractivity contribution in [1.29, 1.82) is 5.26 Å². The van der Waals surface area contributed by atoms with Crippen LogP contribution in [0.1, 0.15) is 57.7 Å². The molecule has 0 saturated carbocycles. The Morgan fingerprint density at radius 3 is 2.57 bits per heavy atom. The number of carbonyl (C=O) groups excluding carboxylic acids is 1. The number of aryl methyl sites for hydroxylation is 2. The van der Waals surface area contributed by atoms with Gasteiger partial charge in [-0.2, -0.15) is 5.26 Å². The van der Waals surface area contributed by atoms with Crippen LogP contribution in [0.5, 0.6) is 0 Å². The van der Waals surface area contributed by atoms with Crippen molar-refractivity contribution in [2.24, 2.45) is 0 Å². The molecular weight excluding hydrogens is 465 g/mol. The van der Waals surface area contributed by atoms with Gasteiger partial charge in [-0.25, -0.2) is 9.37 Å². The van der Waals surface area contributed by atoms with E-state index >= 15 is 0 Å². The Morgan fingerprint density at radius 1 is 1.03 bits per heavy atom. The number of nitrogens with zero attached hydrogens (tertiary/aromatic N) is 3. The lowest BCUT2D eigenvalue weighted by molar-refractivity contribution is 0.0940. The van der Waals surface area contributed by atoms with Crippen molar-refractivity contribution in [3.63, 3.8) is 0 Å². The normalized spacial score (nSPS) is 12.9. The van der Waals surface area contributed by atoms with Gasteiger partial charge in [-0.05, 0) is 72.7 Å². The second-order valence-corrected chi connectivity index (χ2v) is 9.21. The molecule has 37 heavy (non-hydrogen) atoms. The maximum absolute atomic E-state index is 13.3. The molecular formula is C30H26FN5O. The van der Waals surface area contributed by atoms with Crippen LogP contribution < -0.4 is 10.6 Å². The van der Waals surface area contributed by atoms with Crippen LogP contribution in [0.4, 0.5) is 10.2 Å². The molecule has 0 unspecified atom stereocenters. The van der Waals surface area contributed by atoms with E-state index in [4.69, 9.17) is 0 Å². The maximum Gasteiger partial charge on any atom is 0.255 e. The molecule has 0 spiro atoms. The number of nitriles is 1. The van der Waals surface area contributed by atoms with Gasteiger partial charge in [0, 0.05) is 30.2 Å². The van der Waals surface area contributed by atoms with Crippen LogP contribution in [0, 0.1) is 17.1 Å². The van der Waals surface area contributed by atoms with Gasteiger partial charge in [0.05, 0.1) is 17.2 Å². The van der Waals surface area contributed by atoms with Gasteiger partial charge in [0.2, 0.25) is 0 Å². The van der Waals surface area contributed by atoms with E-state index in [2.05, 4.69) is 38.8 Å². The van der Waals surface area contributed by atoms with E-state index in [0.29, 0.717) is 12.4 Å². The second kappa shape index (κ2) is 10.6. The number of benzene rings is 2. The third-order valence-corrected chi connectivity index (χ3v) is 6.65. The van der Waals surface area contributed by atoms with Gasteiger partial charge in [-0.3, -0.25) is 9.78 Å². The number of rotatable bonds is 7. The van der Waals surface area contributed by atoms with Crippen molar-refractivity contribution in [2.45, 2.75) is 38.8 Å². The van der Waals surface area contributed by atoms with E-state index in [0.717, 1.165) is 35.1 Å². The molecule has 4 aromatic rings. The molecule has 1 aliphatic rings. The maximum atomic E-state index is 13.3. The van der Waals surface area contributed by atoms with Crippen LogP contribution in [0.3, 0.4) is 0 Å². The lowest BCUT2D eigenvalue weighted by Gasteiger charge is -2.16. The Balaban J connectivity index is 1.29. The van der Waals surface area contributed by atoms with Gasteiger partial charge >= 0.3 is 0 Å². The van der Waals surface area contributed by atoms with Crippen LogP contribution in [-0.2, 0) is 19.4 Å². The van der Waals surface area contributed by atoms with E-state index in [1.165, 1.54) is 42.1 Å². The van der Waals surface area contributed by atoms with Gasteiger partial charge in [0.15, 0.2) is 0 Å². The van der Waals surface area contributed by atoms with Gasteiger partial charge in [-0.15, -0.1) is 0 Å². The Bertz CT molecular complexity index is 1480. The fourth-order valence-electron chi connectivity index (χ4n) is 4.53. The molecule has 5 rings (SSSR count). The van der Waals surface area contributed by atoms with Gasteiger partial charge in [0.25, 0.3) is 5.91 Å². The average molecular weight is 492 g/mol. The number of aromatic nitrogens is 2. The van der Waals surface area contributed by atoms with Crippen LogP contribution in [0.25, 0.3) is 11.1 Å². The summed E-state index contributed by atoms with van der Waals surface area (Å²) in [7, 11) is 0. The summed E-state index contributed by atoms with van der Waals surface area (Å²) in [6, 6.07) is 19.6. The predicted octanol–water partition coefficient (Wildman–Crippen LogP) is 5.75. The molecule has 1 aliphatic carbocycles. The minimum atomic E-state index is -0.372. The van der Waals surface area contributed by atoms with Gasteiger partial charge < -0.3 is 10.6 Å². The van der Waals surface area contributed by atoms with Gasteiger partial charge in [-0.1, -0.05) is 36.4 Å². The molecule has 2 heterocycles. The number of fused-ring (bicyclic) bond motifs is 1. The molecule has 0 aliphatic heterocycles. The smallest absolute Gasteiger partial charge is 0.255 e. The Kier molecular flexibility index (Phi) is 6.91. The molecule has 1 atom stereocenters. The lowest BCUT2D eigenvalue weighted by atomic mass is 10.0. The zero-order chi connectivity index (χ0) is 25.8. The highest BCUT2D eigenvalue weighted by molar-refractivity contribution is 5.99. The molecule has 0 saturated heterocycles. The highest BCUT2D eigenvalue weighted by Gasteiger charge is 2.18. The number of hydrogen-bond acceptors (Lipinski definition) is 5. The molecule has 2 N–H and O–H groups in total. The molecule has 184 valence electrons. The zero-order valence-corrected chi connectivity index (χ0v) is 20.5. The third-order valence-electron chi connectivity index (χ3n) is 6.65. The van der Waals surface area contributed by atoms with Crippen LogP contribution >= 0.6 is 0 Å². The molecule has 0 fully saturated rings. The molecule has 2 aromatic heterocycles. The number of pyridine rings is 2. The predicted molar refractivity (Wildman–Crippen MR) is 140 cm³/mol. The van der Waals surface area contributed by atoms with Gasteiger partial charge in [0.1, 0.15) is 17.7 Å². The van der Waals surface area contributed by atoms with Crippen LogP contribution in [-0.4, -0.2) is 15.9 Å². The number of halogens is 1. The quantitative estimate of drug-likeness (QED) is 0.344. The number of carbonyl (C=O) groups is 1. The molecule has 2 aromatic carbocycles. The first-order chi connectivity index (χ1) is 18.0. The third kappa shape index (κ3) is 5.49. The first-order valence-electron chi connectivity index (χ1n) is 12.3. The summed E-state index contributed by atoms with van der Waals surface area (Å²) in [5.41, 5.74) is 7.13. The van der Waals surface area contributed by atoms with E-state index < -0.39 is 0 Å². The standard InChI is InChI=1S/C30H26FN5O/c1-19(22-9-11-26(31)12-10-22)36-30(37)27-13-21(15-32)17-35-29(27)34-16-20-5-7-23(8-6-20)25-14-24-3-2-4-28(24)33-18-25/h5-14,17-19H,2-4,16H2,1H3,(H,34,35)(H,36,37)/t19-/m0/s1.